The molecule has 2 heterocycles. The van der Waals surface area contributed by atoms with E-state index in [-0.39, 0.29) is 6.04 Å². The number of rotatable bonds is 4. The molecule has 90 valence electrons. The number of aryl methyl sites for hydroxylation is 1. The van der Waals surface area contributed by atoms with Gasteiger partial charge in [0.15, 0.2) is 0 Å². The fraction of sp³-hybridized carbons (Fsp3) is 0.333. The van der Waals surface area contributed by atoms with Crippen LogP contribution in [0, 0.1) is 0 Å². The molecule has 2 aromatic heterocycles. The van der Waals surface area contributed by atoms with Gasteiger partial charge in [0.25, 0.3) is 0 Å². The lowest BCUT2D eigenvalue weighted by Crippen LogP contribution is -2.25. The molecule has 3 N–H and O–H groups in total. The maximum atomic E-state index is 5.93. The molecule has 5 nitrogen and oxygen atoms in total. The number of nitrogens with two attached hydrogens (primary N) is 1. The van der Waals surface area contributed by atoms with E-state index in [1.54, 1.807) is 12.5 Å². The van der Waals surface area contributed by atoms with Crippen molar-refractivity contribution in [1.82, 2.24) is 19.9 Å². The average Bonchev–Trinajstić information content (AvgIpc) is 2.74. The Morgan fingerprint density at radius 2 is 2.35 bits per heavy atom. The van der Waals surface area contributed by atoms with Crippen LogP contribution in [0.1, 0.15) is 24.2 Å². The van der Waals surface area contributed by atoms with Gasteiger partial charge in [0, 0.05) is 18.8 Å². The SMILES string of the molecule is CCNC(c1cccnc1N)c1cncn1C. The normalized spacial score (nSPS) is 12.6. The van der Waals surface area contributed by atoms with Crippen LogP contribution in [0.3, 0.4) is 0 Å². The van der Waals surface area contributed by atoms with Gasteiger partial charge in [-0.3, -0.25) is 0 Å². The Hall–Kier alpha value is -1.88. The van der Waals surface area contributed by atoms with E-state index in [1.807, 2.05) is 29.9 Å². The summed E-state index contributed by atoms with van der Waals surface area (Å²) in [4.78, 5) is 8.27. The molecule has 0 radical (unpaired) electrons. The van der Waals surface area contributed by atoms with Gasteiger partial charge in [-0.05, 0) is 12.6 Å². The number of aromatic nitrogens is 3. The van der Waals surface area contributed by atoms with E-state index in [4.69, 9.17) is 5.73 Å². The maximum Gasteiger partial charge on any atom is 0.128 e. The second-order valence-corrected chi connectivity index (χ2v) is 3.90. The summed E-state index contributed by atoms with van der Waals surface area (Å²) in [7, 11) is 1.97. The molecule has 2 aromatic rings. The zero-order chi connectivity index (χ0) is 12.3. The Labute approximate surface area is 101 Å². The zero-order valence-electron chi connectivity index (χ0n) is 10.1. The summed E-state index contributed by atoms with van der Waals surface area (Å²) >= 11 is 0. The van der Waals surface area contributed by atoms with Crippen LogP contribution in [0.15, 0.2) is 30.9 Å². The minimum Gasteiger partial charge on any atom is -0.383 e. The third kappa shape index (κ3) is 2.29. The number of pyridine rings is 1. The van der Waals surface area contributed by atoms with Gasteiger partial charge in [-0.25, -0.2) is 9.97 Å². The van der Waals surface area contributed by atoms with Gasteiger partial charge in [0.05, 0.1) is 24.3 Å². The van der Waals surface area contributed by atoms with Gasteiger partial charge < -0.3 is 15.6 Å². The predicted molar refractivity (Wildman–Crippen MR) is 67.4 cm³/mol. The highest BCUT2D eigenvalue weighted by Gasteiger charge is 2.18. The number of imidazole rings is 1. The van der Waals surface area contributed by atoms with Crippen LogP contribution in [-0.2, 0) is 7.05 Å². The topological polar surface area (TPSA) is 68.8 Å². The van der Waals surface area contributed by atoms with Crippen molar-refractivity contribution in [3.8, 4) is 0 Å². The Kier molecular flexibility index (Phi) is 3.39. The smallest absolute Gasteiger partial charge is 0.128 e. The van der Waals surface area contributed by atoms with E-state index in [1.165, 1.54) is 0 Å². The molecule has 0 saturated heterocycles. The Balaban J connectivity index is 2.43. The average molecular weight is 231 g/mol. The quantitative estimate of drug-likeness (QED) is 0.826. The Morgan fingerprint density at radius 3 is 2.94 bits per heavy atom. The van der Waals surface area contributed by atoms with Gasteiger partial charge in [0.2, 0.25) is 0 Å². The van der Waals surface area contributed by atoms with Crippen LogP contribution >= 0.6 is 0 Å². The van der Waals surface area contributed by atoms with E-state index in [2.05, 4.69) is 22.2 Å². The molecule has 0 bridgehead atoms. The summed E-state index contributed by atoms with van der Waals surface area (Å²) in [5.41, 5.74) is 7.99. The third-order valence-corrected chi connectivity index (χ3v) is 2.74. The summed E-state index contributed by atoms with van der Waals surface area (Å²) in [6.45, 7) is 2.92. The van der Waals surface area contributed by atoms with Crippen LogP contribution in [0.25, 0.3) is 0 Å². The monoisotopic (exact) mass is 231 g/mol. The molecule has 0 spiro atoms. The molecule has 0 aliphatic carbocycles. The maximum absolute atomic E-state index is 5.93. The second-order valence-electron chi connectivity index (χ2n) is 3.90. The number of nitrogens with one attached hydrogen (secondary N) is 1. The molecule has 0 amide bonds. The number of nitrogens with zero attached hydrogens (tertiary/aromatic N) is 3. The number of hydrogen-bond donors (Lipinski definition) is 2. The fourth-order valence-electron chi connectivity index (χ4n) is 1.90. The fourth-order valence-corrected chi connectivity index (χ4v) is 1.90. The molecule has 5 heteroatoms. The number of anilines is 1. The van der Waals surface area contributed by atoms with Crippen molar-refractivity contribution in [3.63, 3.8) is 0 Å². The largest absolute Gasteiger partial charge is 0.383 e. The lowest BCUT2D eigenvalue weighted by Gasteiger charge is -2.19. The highest BCUT2D eigenvalue weighted by Crippen LogP contribution is 2.24. The molecule has 0 saturated carbocycles. The lowest BCUT2D eigenvalue weighted by molar-refractivity contribution is 0.593. The van der Waals surface area contributed by atoms with Gasteiger partial charge in [-0.2, -0.15) is 0 Å². The predicted octanol–water partition coefficient (Wildman–Crippen LogP) is 1.10. The first kappa shape index (κ1) is 11.6. The lowest BCUT2D eigenvalue weighted by atomic mass is 10.1. The van der Waals surface area contributed by atoms with Gasteiger partial charge >= 0.3 is 0 Å². The standard InChI is InChI=1S/C12H17N5/c1-3-15-11(10-7-14-8-17(10)2)9-5-4-6-16-12(9)13/h4-8,11,15H,3H2,1-2H3,(H2,13,16). The first-order valence-electron chi connectivity index (χ1n) is 5.64. The highest BCUT2D eigenvalue weighted by molar-refractivity contribution is 5.44. The van der Waals surface area contributed by atoms with Gasteiger partial charge in [-0.1, -0.05) is 13.0 Å². The van der Waals surface area contributed by atoms with Crippen molar-refractivity contribution < 1.29 is 0 Å². The molecule has 0 aliphatic heterocycles. The van der Waals surface area contributed by atoms with Crippen LogP contribution in [-0.4, -0.2) is 21.1 Å². The Bertz CT molecular complexity index is 491. The molecule has 1 unspecified atom stereocenters. The van der Waals surface area contributed by atoms with E-state index < -0.39 is 0 Å². The summed E-state index contributed by atoms with van der Waals surface area (Å²) < 4.78 is 1.99. The van der Waals surface area contributed by atoms with Crippen molar-refractivity contribution in [1.29, 1.82) is 0 Å². The zero-order valence-corrected chi connectivity index (χ0v) is 10.1. The van der Waals surface area contributed by atoms with Crippen LogP contribution in [0.4, 0.5) is 5.82 Å². The highest BCUT2D eigenvalue weighted by atomic mass is 15.1. The molecule has 2 rings (SSSR count). The molecule has 1 atom stereocenters. The molecular formula is C12H17N5. The van der Waals surface area contributed by atoms with Crippen molar-refractivity contribution >= 4 is 5.82 Å². The molecule has 0 aliphatic rings. The molecular weight excluding hydrogens is 214 g/mol. The molecule has 0 aromatic carbocycles. The van der Waals surface area contributed by atoms with Gasteiger partial charge in [0.1, 0.15) is 5.82 Å². The molecule has 0 fully saturated rings. The van der Waals surface area contributed by atoms with Crippen molar-refractivity contribution in [3.05, 3.63) is 42.1 Å². The van der Waals surface area contributed by atoms with Crippen LogP contribution in [0.2, 0.25) is 0 Å². The van der Waals surface area contributed by atoms with E-state index >= 15 is 0 Å². The minimum absolute atomic E-state index is 0.0289. The summed E-state index contributed by atoms with van der Waals surface area (Å²) in [5, 5.41) is 3.40. The number of nitrogen functional groups attached to an aromatic ring is 1. The van der Waals surface area contributed by atoms with E-state index in [0.717, 1.165) is 17.8 Å². The summed E-state index contributed by atoms with van der Waals surface area (Å²) in [5.74, 6) is 0.555. The third-order valence-electron chi connectivity index (χ3n) is 2.74. The summed E-state index contributed by atoms with van der Waals surface area (Å²) in [6.07, 6.45) is 5.33. The first-order chi connectivity index (χ1) is 8.24. The van der Waals surface area contributed by atoms with Crippen molar-refractivity contribution in [2.24, 2.45) is 7.05 Å². The van der Waals surface area contributed by atoms with Crippen molar-refractivity contribution in [2.75, 3.05) is 12.3 Å². The molecule has 17 heavy (non-hydrogen) atoms. The van der Waals surface area contributed by atoms with E-state index in [9.17, 15) is 0 Å². The van der Waals surface area contributed by atoms with E-state index in [0.29, 0.717) is 5.82 Å². The van der Waals surface area contributed by atoms with Crippen LogP contribution in [0.5, 0.6) is 0 Å². The van der Waals surface area contributed by atoms with Gasteiger partial charge in [-0.15, -0.1) is 0 Å². The minimum atomic E-state index is 0.0289. The first-order valence-corrected chi connectivity index (χ1v) is 5.64. The second kappa shape index (κ2) is 4.97. The van der Waals surface area contributed by atoms with Crippen LogP contribution < -0.4 is 11.1 Å². The number of hydrogen-bond acceptors (Lipinski definition) is 4. The summed E-state index contributed by atoms with van der Waals surface area (Å²) in [6, 6.07) is 3.91. The van der Waals surface area contributed by atoms with Crippen molar-refractivity contribution in [2.45, 2.75) is 13.0 Å². The Morgan fingerprint density at radius 1 is 1.53 bits per heavy atom.